The Labute approximate surface area is 139 Å². The van der Waals surface area contributed by atoms with Crippen molar-refractivity contribution in [2.45, 2.75) is 25.4 Å². The van der Waals surface area contributed by atoms with E-state index in [-0.39, 0.29) is 0 Å². The number of nitrogens with zero attached hydrogens (tertiary/aromatic N) is 5. The van der Waals surface area contributed by atoms with Crippen LogP contribution in [0.4, 0.5) is 0 Å². The Kier molecular flexibility index (Phi) is 3.70. The Balaban J connectivity index is 1.58. The maximum absolute atomic E-state index is 11.4. The summed E-state index contributed by atoms with van der Waals surface area (Å²) in [5.41, 5.74) is 8.47. The number of hydrogen-bond acceptors (Lipinski definition) is 5. The van der Waals surface area contributed by atoms with Crippen molar-refractivity contribution < 1.29 is 4.79 Å². The first kappa shape index (κ1) is 14.8. The molecule has 2 N–H and O–H groups in total. The molecule has 0 bridgehead atoms. The molecule has 4 heterocycles. The Hall–Kier alpha value is -2.80. The third-order valence-corrected chi connectivity index (χ3v) is 4.49. The van der Waals surface area contributed by atoms with Crippen molar-refractivity contribution in [3.8, 4) is 0 Å². The smallest absolute Gasteiger partial charge is 0.254 e. The maximum atomic E-state index is 11.4. The van der Waals surface area contributed by atoms with E-state index in [9.17, 15) is 4.79 Å². The molecule has 4 rings (SSSR count). The molecule has 7 heteroatoms. The first-order valence-corrected chi connectivity index (χ1v) is 7.98. The van der Waals surface area contributed by atoms with E-state index in [0.29, 0.717) is 17.3 Å². The summed E-state index contributed by atoms with van der Waals surface area (Å²) in [6.07, 6.45) is 11.2. The molecule has 3 aromatic heterocycles. The number of amides is 1. The maximum Gasteiger partial charge on any atom is 0.254 e. The van der Waals surface area contributed by atoms with E-state index in [4.69, 9.17) is 5.73 Å². The lowest BCUT2D eigenvalue weighted by atomic mass is 10.1. The van der Waals surface area contributed by atoms with Gasteiger partial charge in [-0.1, -0.05) is 6.07 Å². The fourth-order valence-electron chi connectivity index (χ4n) is 3.37. The quantitative estimate of drug-likeness (QED) is 0.787. The summed E-state index contributed by atoms with van der Waals surface area (Å²) in [7, 11) is 0. The molecule has 1 saturated heterocycles. The lowest BCUT2D eigenvalue weighted by molar-refractivity contribution is 0.100. The number of fused-ring (bicyclic) bond motifs is 1. The fourth-order valence-corrected chi connectivity index (χ4v) is 3.37. The minimum atomic E-state index is -0.513. The number of carbonyl (C=O) groups is 1. The Bertz CT molecular complexity index is 875. The molecular formula is C17H18N6O. The lowest BCUT2D eigenvalue weighted by Gasteiger charge is -2.24. The zero-order valence-corrected chi connectivity index (χ0v) is 13.2. The topological polar surface area (TPSA) is 89.4 Å². The molecule has 0 spiro atoms. The van der Waals surface area contributed by atoms with E-state index in [1.807, 2.05) is 18.5 Å². The van der Waals surface area contributed by atoms with Gasteiger partial charge in [0.15, 0.2) is 5.65 Å². The molecule has 1 aliphatic rings. The van der Waals surface area contributed by atoms with Gasteiger partial charge >= 0.3 is 0 Å². The number of rotatable bonds is 4. The molecule has 0 radical (unpaired) electrons. The third kappa shape index (κ3) is 2.63. The fraction of sp³-hybridized carbons (Fsp3) is 0.294. The molecule has 0 aliphatic carbocycles. The van der Waals surface area contributed by atoms with Crippen molar-refractivity contribution in [2.75, 3.05) is 6.54 Å². The first-order chi connectivity index (χ1) is 11.7. The van der Waals surface area contributed by atoms with Crippen LogP contribution in [0.3, 0.4) is 0 Å². The largest absolute Gasteiger partial charge is 0.365 e. The van der Waals surface area contributed by atoms with E-state index in [1.165, 1.54) is 18.2 Å². The van der Waals surface area contributed by atoms with Gasteiger partial charge in [-0.25, -0.2) is 9.50 Å². The van der Waals surface area contributed by atoms with E-state index >= 15 is 0 Å². The normalized spacial score (nSPS) is 18.2. The summed E-state index contributed by atoms with van der Waals surface area (Å²) in [5, 5.41) is 4.18. The van der Waals surface area contributed by atoms with Gasteiger partial charge in [0.1, 0.15) is 5.56 Å². The summed E-state index contributed by atoms with van der Waals surface area (Å²) in [5.74, 6) is -0.513. The summed E-state index contributed by atoms with van der Waals surface area (Å²) in [6, 6.07) is 4.49. The van der Waals surface area contributed by atoms with Gasteiger partial charge in [0, 0.05) is 42.9 Å². The number of carbonyl (C=O) groups excluding carboxylic acids is 1. The van der Waals surface area contributed by atoms with Gasteiger partial charge in [0.25, 0.3) is 5.91 Å². The van der Waals surface area contributed by atoms with Crippen LogP contribution in [-0.2, 0) is 6.54 Å². The molecular weight excluding hydrogens is 304 g/mol. The number of pyridine rings is 1. The second-order valence-electron chi connectivity index (χ2n) is 6.07. The molecule has 1 amide bonds. The van der Waals surface area contributed by atoms with Crippen molar-refractivity contribution >= 4 is 11.6 Å². The van der Waals surface area contributed by atoms with Crippen molar-refractivity contribution in [3.63, 3.8) is 0 Å². The molecule has 3 aromatic rings. The number of nitrogens with two attached hydrogens (primary N) is 1. The summed E-state index contributed by atoms with van der Waals surface area (Å²) < 4.78 is 1.62. The van der Waals surface area contributed by atoms with E-state index in [0.717, 1.165) is 25.1 Å². The molecule has 0 aromatic carbocycles. The van der Waals surface area contributed by atoms with Crippen molar-refractivity contribution in [1.29, 1.82) is 0 Å². The third-order valence-electron chi connectivity index (χ3n) is 4.49. The highest BCUT2D eigenvalue weighted by Gasteiger charge is 2.26. The van der Waals surface area contributed by atoms with Crippen LogP contribution < -0.4 is 5.73 Å². The molecule has 1 atom stereocenters. The van der Waals surface area contributed by atoms with Crippen LogP contribution in [0.15, 0.2) is 43.1 Å². The predicted molar refractivity (Wildman–Crippen MR) is 88.1 cm³/mol. The van der Waals surface area contributed by atoms with Gasteiger partial charge in [0.05, 0.1) is 6.20 Å². The van der Waals surface area contributed by atoms with Crippen LogP contribution in [0.5, 0.6) is 0 Å². The van der Waals surface area contributed by atoms with Crippen LogP contribution in [0, 0.1) is 0 Å². The number of primary amides is 1. The second-order valence-corrected chi connectivity index (χ2v) is 6.07. The molecule has 1 fully saturated rings. The first-order valence-electron chi connectivity index (χ1n) is 7.98. The van der Waals surface area contributed by atoms with Crippen LogP contribution in [0.2, 0.25) is 0 Å². The second kappa shape index (κ2) is 6.01. The van der Waals surface area contributed by atoms with Gasteiger partial charge in [-0.15, -0.1) is 0 Å². The van der Waals surface area contributed by atoms with Gasteiger partial charge in [-0.3, -0.25) is 14.7 Å². The highest BCUT2D eigenvalue weighted by atomic mass is 16.1. The molecule has 1 aliphatic heterocycles. The molecule has 7 nitrogen and oxygen atoms in total. The Morgan fingerprint density at radius 3 is 3.04 bits per heavy atom. The molecule has 24 heavy (non-hydrogen) atoms. The summed E-state index contributed by atoms with van der Waals surface area (Å²) >= 11 is 0. The highest BCUT2D eigenvalue weighted by molar-refractivity contribution is 5.98. The lowest BCUT2D eigenvalue weighted by Crippen LogP contribution is -2.23. The van der Waals surface area contributed by atoms with E-state index < -0.39 is 5.91 Å². The average Bonchev–Trinajstić information content (AvgIpc) is 3.22. The highest BCUT2D eigenvalue weighted by Crippen LogP contribution is 2.32. The molecule has 0 saturated carbocycles. The summed E-state index contributed by atoms with van der Waals surface area (Å²) in [6.45, 7) is 1.83. The minimum absolute atomic E-state index is 0.343. The predicted octanol–water partition coefficient (Wildman–Crippen LogP) is 1.56. The van der Waals surface area contributed by atoms with Crippen LogP contribution >= 0.6 is 0 Å². The number of aromatic nitrogens is 4. The number of hydrogen-bond donors (Lipinski definition) is 1. The minimum Gasteiger partial charge on any atom is -0.365 e. The van der Waals surface area contributed by atoms with Crippen molar-refractivity contribution in [1.82, 2.24) is 24.5 Å². The Morgan fingerprint density at radius 2 is 2.25 bits per heavy atom. The average molecular weight is 322 g/mol. The Morgan fingerprint density at radius 1 is 1.33 bits per heavy atom. The van der Waals surface area contributed by atoms with Gasteiger partial charge < -0.3 is 5.73 Å². The van der Waals surface area contributed by atoms with Gasteiger partial charge in [-0.05, 0) is 31.0 Å². The van der Waals surface area contributed by atoms with Crippen molar-refractivity contribution in [3.05, 3.63) is 59.8 Å². The van der Waals surface area contributed by atoms with Crippen LogP contribution in [0.1, 0.15) is 40.4 Å². The zero-order valence-electron chi connectivity index (χ0n) is 13.2. The van der Waals surface area contributed by atoms with Gasteiger partial charge in [-0.2, -0.15) is 5.10 Å². The van der Waals surface area contributed by atoms with E-state index in [1.54, 1.807) is 16.9 Å². The monoisotopic (exact) mass is 322 g/mol. The van der Waals surface area contributed by atoms with E-state index in [2.05, 4.69) is 26.0 Å². The van der Waals surface area contributed by atoms with Crippen LogP contribution in [-0.4, -0.2) is 36.9 Å². The standard InChI is InChI=1S/C17H18N6O/c18-16(24)14-9-21-23-11-12(7-20-17(14)23)10-22-6-2-4-15(22)13-3-1-5-19-8-13/h1,3,5,7-9,11,15H,2,4,6,10H2,(H2,18,24). The summed E-state index contributed by atoms with van der Waals surface area (Å²) in [4.78, 5) is 22.4. The number of likely N-dealkylation sites (tertiary alicyclic amines) is 1. The van der Waals surface area contributed by atoms with Gasteiger partial charge in [0.2, 0.25) is 0 Å². The molecule has 1 unspecified atom stereocenters. The van der Waals surface area contributed by atoms with Crippen LogP contribution in [0.25, 0.3) is 5.65 Å². The van der Waals surface area contributed by atoms with Crippen molar-refractivity contribution in [2.24, 2.45) is 5.73 Å². The molecule has 122 valence electrons. The zero-order chi connectivity index (χ0) is 16.5. The SMILES string of the molecule is NC(=O)c1cnn2cc(CN3CCCC3c3cccnc3)cnc12.